The normalized spacial score (nSPS) is 20.8. The van der Waals surface area contributed by atoms with Gasteiger partial charge >= 0.3 is 0 Å². The van der Waals surface area contributed by atoms with Crippen LogP contribution in [0.15, 0.2) is 0 Å². The minimum absolute atomic E-state index is 0.497. The van der Waals surface area contributed by atoms with Crippen LogP contribution in [0.5, 0.6) is 0 Å². The van der Waals surface area contributed by atoms with E-state index in [1.54, 1.807) is 0 Å². The Balaban J connectivity index is 2.39. The van der Waals surface area contributed by atoms with Crippen molar-refractivity contribution in [1.82, 2.24) is 4.90 Å². The molecule has 0 aromatic rings. The Kier molecular flexibility index (Phi) is 5.58. The van der Waals surface area contributed by atoms with Gasteiger partial charge < -0.3 is 14.7 Å². The molecule has 0 unspecified atom stereocenters. The predicted molar refractivity (Wildman–Crippen MR) is 62.0 cm³/mol. The van der Waals surface area contributed by atoms with Crippen molar-refractivity contribution in [3.63, 3.8) is 0 Å². The topological polar surface area (TPSA) is 32.7 Å². The molecule has 1 N–H and O–H groups in total. The first-order chi connectivity index (χ1) is 7.20. The van der Waals surface area contributed by atoms with Crippen molar-refractivity contribution in [2.75, 3.05) is 32.8 Å². The van der Waals surface area contributed by atoms with E-state index < -0.39 is 5.60 Å². The average molecular weight is 215 g/mol. The van der Waals surface area contributed by atoms with Crippen LogP contribution in [0.2, 0.25) is 0 Å². The van der Waals surface area contributed by atoms with Crippen LogP contribution in [0.3, 0.4) is 0 Å². The molecule has 0 aromatic heterocycles. The SMILES string of the molecule is CCCN(CCC)CC1(O)CCOCC1. The summed E-state index contributed by atoms with van der Waals surface area (Å²) in [6.45, 7) is 8.81. The Labute approximate surface area is 93.4 Å². The van der Waals surface area contributed by atoms with E-state index in [1.807, 2.05) is 0 Å². The molecule has 1 saturated heterocycles. The lowest BCUT2D eigenvalue weighted by atomic mass is 9.93. The molecule has 1 aliphatic heterocycles. The van der Waals surface area contributed by atoms with Gasteiger partial charge in [-0.15, -0.1) is 0 Å². The Morgan fingerprint density at radius 2 is 1.67 bits per heavy atom. The number of hydrogen-bond acceptors (Lipinski definition) is 3. The lowest BCUT2D eigenvalue weighted by Gasteiger charge is -2.36. The molecule has 0 aliphatic carbocycles. The predicted octanol–water partition coefficient (Wildman–Crippen LogP) is 1.65. The molecular formula is C12H25NO2. The highest BCUT2D eigenvalue weighted by Gasteiger charge is 2.31. The number of hydrogen-bond donors (Lipinski definition) is 1. The fraction of sp³-hybridized carbons (Fsp3) is 1.00. The third-order valence-electron chi connectivity index (χ3n) is 3.02. The van der Waals surface area contributed by atoms with E-state index in [0.717, 1.165) is 45.3 Å². The number of rotatable bonds is 6. The van der Waals surface area contributed by atoms with Crippen molar-refractivity contribution in [2.45, 2.75) is 45.1 Å². The van der Waals surface area contributed by atoms with Gasteiger partial charge in [-0.25, -0.2) is 0 Å². The van der Waals surface area contributed by atoms with Gasteiger partial charge in [0.1, 0.15) is 0 Å². The van der Waals surface area contributed by atoms with Crippen molar-refractivity contribution in [2.24, 2.45) is 0 Å². The average Bonchev–Trinajstić information content (AvgIpc) is 2.19. The van der Waals surface area contributed by atoms with Crippen molar-refractivity contribution < 1.29 is 9.84 Å². The Hall–Kier alpha value is -0.120. The van der Waals surface area contributed by atoms with Crippen LogP contribution >= 0.6 is 0 Å². The van der Waals surface area contributed by atoms with Gasteiger partial charge in [-0.2, -0.15) is 0 Å². The van der Waals surface area contributed by atoms with E-state index in [0.29, 0.717) is 13.2 Å². The van der Waals surface area contributed by atoms with E-state index >= 15 is 0 Å². The molecule has 15 heavy (non-hydrogen) atoms. The van der Waals surface area contributed by atoms with Gasteiger partial charge in [-0.3, -0.25) is 0 Å². The summed E-state index contributed by atoms with van der Waals surface area (Å²) in [7, 11) is 0. The van der Waals surface area contributed by atoms with Gasteiger partial charge in [0.25, 0.3) is 0 Å². The molecule has 90 valence electrons. The molecule has 1 fully saturated rings. The third kappa shape index (κ3) is 4.49. The summed E-state index contributed by atoms with van der Waals surface area (Å²) in [4.78, 5) is 2.38. The lowest BCUT2D eigenvalue weighted by Crippen LogP contribution is -2.47. The summed E-state index contributed by atoms with van der Waals surface area (Å²) in [5, 5.41) is 10.4. The summed E-state index contributed by atoms with van der Waals surface area (Å²) < 4.78 is 5.29. The Bertz CT molecular complexity index is 161. The van der Waals surface area contributed by atoms with Crippen LogP contribution < -0.4 is 0 Å². The smallest absolute Gasteiger partial charge is 0.0817 e. The van der Waals surface area contributed by atoms with Crippen LogP contribution in [-0.4, -0.2) is 48.5 Å². The van der Waals surface area contributed by atoms with Crippen molar-refractivity contribution >= 4 is 0 Å². The zero-order valence-electron chi connectivity index (χ0n) is 10.2. The molecular weight excluding hydrogens is 190 g/mol. The van der Waals surface area contributed by atoms with Crippen LogP contribution in [0.1, 0.15) is 39.5 Å². The largest absolute Gasteiger partial charge is 0.388 e. The number of ether oxygens (including phenoxy) is 1. The molecule has 3 heteroatoms. The van der Waals surface area contributed by atoms with Crippen LogP contribution in [0.4, 0.5) is 0 Å². The Morgan fingerprint density at radius 3 is 2.13 bits per heavy atom. The lowest BCUT2D eigenvalue weighted by molar-refractivity contribution is -0.0797. The van der Waals surface area contributed by atoms with E-state index in [9.17, 15) is 5.11 Å². The first kappa shape index (κ1) is 12.9. The third-order valence-corrected chi connectivity index (χ3v) is 3.02. The van der Waals surface area contributed by atoms with E-state index in [-0.39, 0.29) is 0 Å². The standard InChI is InChI=1S/C12H25NO2/c1-3-7-13(8-4-2)11-12(14)5-9-15-10-6-12/h14H,3-11H2,1-2H3. The maximum absolute atomic E-state index is 10.4. The first-order valence-corrected chi connectivity index (χ1v) is 6.22. The minimum atomic E-state index is -0.497. The molecule has 0 atom stereocenters. The Morgan fingerprint density at radius 1 is 1.13 bits per heavy atom. The quantitative estimate of drug-likeness (QED) is 0.731. The van der Waals surface area contributed by atoms with E-state index in [1.165, 1.54) is 0 Å². The molecule has 0 amide bonds. The molecule has 0 saturated carbocycles. The van der Waals surface area contributed by atoms with Crippen LogP contribution in [0.25, 0.3) is 0 Å². The minimum Gasteiger partial charge on any atom is -0.388 e. The molecule has 1 rings (SSSR count). The van der Waals surface area contributed by atoms with E-state index in [2.05, 4.69) is 18.7 Å². The van der Waals surface area contributed by atoms with Gasteiger partial charge in [0.2, 0.25) is 0 Å². The zero-order chi connectivity index (χ0) is 11.1. The molecule has 0 aromatic carbocycles. The summed E-state index contributed by atoms with van der Waals surface area (Å²) in [5.41, 5.74) is -0.497. The van der Waals surface area contributed by atoms with Crippen molar-refractivity contribution in [3.05, 3.63) is 0 Å². The van der Waals surface area contributed by atoms with Crippen LogP contribution in [-0.2, 0) is 4.74 Å². The van der Waals surface area contributed by atoms with Crippen molar-refractivity contribution in [1.29, 1.82) is 0 Å². The van der Waals surface area contributed by atoms with Gasteiger partial charge in [0.05, 0.1) is 5.60 Å². The second-order valence-electron chi connectivity index (χ2n) is 4.61. The monoisotopic (exact) mass is 215 g/mol. The molecule has 0 spiro atoms. The molecule has 3 nitrogen and oxygen atoms in total. The fourth-order valence-electron chi connectivity index (χ4n) is 2.23. The second kappa shape index (κ2) is 6.46. The summed E-state index contributed by atoms with van der Waals surface area (Å²) in [5.74, 6) is 0. The highest BCUT2D eigenvalue weighted by atomic mass is 16.5. The highest BCUT2D eigenvalue weighted by Crippen LogP contribution is 2.21. The van der Waals surface area contributed by atoms with Gasteiger partial charge in [0, 0.05) is 32.6 Å². The van der Waals surface area contributed by atoms with Gasteiger partial charge in [-0.05, 0) is 25.9 Å². The summed E-state index contributed by atoms with van der Waals surface area (Å²) in [6.07, 6.45) is 3.90. The maximum Gasteiger partial charge on any atom is 0.0817 e. The first-order valence-electron chi connectivity index (χ1n) is 6.22. The molecule has 0 bridgehead atoms. The molecule has 0 radical (unpaired) electrons. The second-order valence-corrected chi connectivity index (χ2v) is 4.61. The van der Waals surface area contributed by atoms with Crippen molar-refractivity contribution in [3.8, 4) is 0 Å². The molecule has 1 heterocycles. The summed E-state index contributed by atoms with van der Waals surface area (Å²) in [6, 6.07) is 0. The summed E-state index contributed by atoms with van der Waals surface area (Å²) >= 11 is 0. The fourth-order valence-corrected chi connectivity index (χ4v) is 2.23. The van der Waals surface area contributed by atoms with Crippen LogP contribution in [0, 0.1) is 0 Å². The van der Waals surface area contributed by atoms with E-state index in [4.69, 9.17) is 4.74 Å². The highest BCUT2D eigenvalue weighted by molar-refractivity contribution is 4.84. The number of nitrogens with zero attached hydrogens (tertiary/aromatic N) is 1. The maximum atomic E-state index is 10.4. The van der Waals surface area contributed by atoms with Gasteiger partial charge in [0.15, 0.2) is 0 Å². The number of aliphatic hydroxyl groups is 1. The zero-order valence-corrected chi connectivity index (χ0v) is 10.2. The van der Waals surface area contributed by atoms with Gasteiger partial charge in [-0.1, -0.05) is 13.8 Å². The molecule has 1 aliphatic rings.